The van der Waals surface area contributed by atoms with Gasteiger partial charge in [0.05, 0.1) is 17.1 Å². The van der Waals surface area contributed by atoms with Crippen LogP contribution in [0.15, 0.2) is 18.2 Å². The summed E-state index contributed by atoms with van der Waals surface area (Å²) in [5, 5.41) is 14.3. The van der Waals surface area contributed by atoms with Crippen molar-refractivity contribution in [1.82, 2.24) is 4.90 Å². The van der Waals surface area contributed by atoms with E-state index in [2.05, 4.69) is 10.2 Å². The van der Waals surface area contributed by atoms with E-state index >= 15 is 0 Å². The van der Waals surface area contributed by atoms with Crippen LogP contribution in [0.1, 0.15) is 25.3 Å². The number of rotatable bonds is 5. The van der Waals surface area contributed by atoms with Gasteiger partial charge in [0.25, 0.3) is 5.69 Å². The highest BCUT2D eigenvalue weighted by Gasteiger charge is 2.34. The minimum atomic E-state index is -0.315. The van der Waals surface area contributed by atoms with Gasteiger partial charge in [0.1, 0.15) is 5.69 Å². The molecule has 2 atom stereocenters. The number of nitro groups is 1. The Kier molecular flexibility index (Phi) is 4.07. The first kappa shape index (κ1) is 14.3. The fourth-order valence-corrected chi connectivity index (χ4v) is 3.32. The summed E-state index contributed by atoms with van der Waals surface area (Å²) in [7, 11) is 0. The highest BCUT2D eigenvalue weighted by Crippen LogP contribution is 2.32. The molecule has 2 heterocycles. The summed E-state index contributed by atoms with van der Waals surface area (Å²) in [5.41, 5.74) is 1.81. The number of para-hydroxylation sites is 1. The zero-order valence-electron chi connectivity index (χ0n) is 12.2. The third-order valence-corrected chi connectivity index (χ3v) is 4.19. The van der Waals surface area contributed by atoms with Crippen LogP contribution in [0.3, 0.4) is 0 Å². The van der Waals surface area contributed by atoms with Gasteiger partial charge in [-0.25, -0.2) is 0 Å². The Labute approximate surface area is 124 Å². The molecular formula is C15H21N3O3. The van der Waals surface area contributed by atoms with E-state index in [0.29, 0.717) is 24.4 Å². The maximum atomic E-state index is 11.2. The first-order valence-electron chi connectivity index (χ1n) is 7.55. The molecule has 0 amide bonds. The van der Waals surface area contributed by atoms with Gasteiger partial charge in [-0.1, -0.05) is 12.1 Å². The smallest absolute Gasteiger partial charge is 0.292 e. The van der Waals surface area contributed by atoms with Crippen LogP contribution >= 0.6 is 0 Å². The number of ether oxygens (including phenoxy) is 1. The molecule has 6 nitrogen and oxygen atoms in total. The lowest BCUT2D eigenvalue weighted by molar-refractivity contribution is -0.384. The molecule has 2 bridgehead atoms. The Balaban J connectivity index is 1.81. The van der Waals surface area contributed by atoms with Crippen molar-refractivity contribution in [1.29, 1.82) is 0 Å². The predicted molar refractivity (Wildman–Crippen MR) is 80.4 cm³/mol. The molecule has 0 aliphatic carbocycles. The standard InChI is InChI=1S/C15H21N3O3/c1-2-16-15-11(4-3-5-14(15)18(19)20)8-17-9-12-6-7-13(10-17)21-12/h3-5,12-13,16H,2,6-10H2,1H3. The topological polar surface area (TPSA) is 67.6 Å². The van der Waals surface area contributed by atoms with Gasteiger partial charge in [0, 0.05) is 32.2 Å². The number of fused-ring (bicyclic) bond motifs is 2. The molecule has 114 valence electrons. The van der Waals surface area contributed by atoms with Crippen LogP contribution in [0.2, 0.25) is 0 Å². The summed E-state index contributed by atoms with van der Waals surface area (Å²) in [6.07, 6.45) is 2.95. The van der Waals surface area contributed by atoms with E-state index in [4.69, 9.17) is 4.74 Å². The Morgan fingerprint density at radius 2 is 2.10 bits per heavy atom. The molecule has 6 heteroatoms. The third-order valence-electron chi connectivity index (χ3n) is 4.19. The molecule has 1 aromatic rings. The maximum absolute atomic E-state index is 11.2. The van der Waals surface area contributed by atoms with E-state index < -0.39 is 0 Å². The summed E-state index contributed by atoms with van der Waals surface area (Å²) in [5.74, 6) is 0. The van der Waals surface area contributed by atoms with Crippen LogP contribution < -0.4 is 5.32 Å². The first-order chi connectivity index (χ1) is 10.2. The molecular weight excluding hydrogens is 270 g/mol. The van der Waals surface area contributed by atoms with Crippen molar-refractivity contribution in [3.8, 4) is 0 Å². The SMILES string of the molecule is CCNc1c(CN2CC3CCC(C2)O3)cccc1[N+](=O)[O-]. The van der Waals surface area contributed by atoms with E-state index in [1.54, 1.807) is 12.1 Å². The quantitative estimate of drug-likeness (QED) is 0.666. The number of nitrogens with one attached hydrogen (secondary N) is 1. The Morgan fingerprint density at radius 1 is 1.38 bits per heavy atom. The number of benzene rings is 1. The molecule has 2 unspecified atom stereocenters. The minimum Gasteiger partial charge on any atom is -0.380 e. The molecule has 0 radical (unpaired) electrons. The van der Waals surface area contributed by atoms with Crippen molar-refractivity contribution in [3.05, 3.63) is 33.9 Å². The molecule has 2 aliphatic rings. The Hall–Kier alpha value is -1.66. The van der Waals surface area contributed by atoms with Crippen LogP contribution in [0.4, 0.5) is 11.4 Å². The van der Waals surface area contributed by atoms with Crippen molar-refractivity contribution in [3.63, 3.8) is 0 Å². The highest BCUT2D eigenvalue weighted by molar-refractivity contribution is 5.66. The van der Waals surface area contributed by atoms with Gasteiger partial charge in [-0.2, -0.15) is 0 Å². The molecule has 21 heavy (non-hydrogen) atoms. The molecule has 2 fully saturated rings. The van der Waals surface area contributed by atoms with Gasteiger partial charge in [0.2, 0.25) is 0 Å². The fraction of sp³-hybridized carbons (Fsp3) is 0.600. The number of anilines is 1. The first-order valence-corrected chi connectivity index (χ1v) is 7.55. The number of nitrogens with zero attached hydrogens (tertiary/aromatic N) is 2. The Bertz CT molecular complexity index is 523. The fourth-order valence-electron chi connectivity index (χ4n) is 3.32. The normalized spacial score (nSPS) is 25.0. The molecule has 2 aliphatic heterocycles. The second-order valence-electron chi connectivity index (χ2n) is 5.75. The highest BCUT2D eigenvalue weighted by atomic mass is 16.6. The zero-order valence-corrected chi connectivity index (χ0v) is 12.2. The number of morpholine rings is 1. The minimum absolute atomic E-state index is 0.158. The van der Waals surface area contributed by atoms with Gasteiger partial charge in [-0.15, -0.1) is 0 Å². The van der Waals surface area contributed by atoms with E-state index in [1.807, 2.05) is 13.0 Å². The molecule has 0 saturated carbocycles. The molecule has 3 rings (SSSR count). The number of hydrogen-bond acceptors (Lipinski definition) is 5. The van der Waals surface area contributed by atoms with Crippen molar-refractivity contribution in [2.75, 3.05) is 25.0 Å². The largest absolute Gasteiger partial charge is 0.380 e. The van der Waals surface area contributed by atoms with E-state index in [0.717, 1.165) is 38.0 Å². The molecule has 2 saturated heterocycles. The summed E-state index contributed by atoms with van der Waals surface area (Å²) in [4.78, 5) is 13.2. The Morgan fingerprint density at radius 3 is 2.71 bits per heavy atom. The van der Waals surface area contributed by atoms with Crippen LogP contribution in [0.25, 0.3) is 0 Å². The van der Waals surface area contributed by atoms with Gasteiger partial charge >= 0.3 is 0 Å². The van der Waals surface area contributed by atoms with Crippen LogP contribution in [-0.4, -0.2) is 41.7 Å². The van der Waals surface area contributed by atoms with E-state index in [1.165, 1.54) is 0 Å². The maximum Gasteiger partial charge on any atom is 0.292 e. The van der Waals surface area contributed by atoms with Gasteiger partial charge in [-0.05, 0) is 25.3 Å². The lowest BCUT2D eigenvalue weighted by atomic mass is 10.1. The number of nitro benzene ring substituents is 1. The van der Waals surface area contributed by atoms with Crippen LogP contribution in [0, 0.1) is 10.1 Å². The molecule has 1 aromatic carbocycles. The average Bonchev–Trinajstić information content (AvgIpc) is 2.80. The summed E-state index contributed by atoms with van der Waals surface area (Å²) < 4.78 is 5.84. The molecule has 0 spiro atoms. The predicted octanol–water partition coefficient (Wildman–Crippen LogP) is 2.39. The van der Waals surface area contributed by atoms with Crippen molar-refractivity contribution < 1.29 is 9.66 Å². The summed E-state index contributed by atoms with van der Waals surface area (Å²) in [6.45, 7) is 5.21. The number of likely N-dealkylation sites (tertiary alicyclic amines) is 1. The van der Waals surface area contributed by atoms with Gasteiger partial charge < -0.3 is 10.1 Å². The van der Waals surface area contributed by atoms with Gasteiger partial charge in [0.15, 0.2) is 0 Å². The molecule has 0 aromatic heterocycles. The van der Waals surface area contributed by atoms with E-state index in [-0.39, 0.29) is 10.6 Å². The lowest BCUT2D eigenvalue weighted by Crippen LogP contribution is -2.42. The van der Waals surface area contributed by atoms with Gasteiger partial charge in [-0.3, -0.25) is 15.0 Å². The third kappa shape index (κ3) is 3.01. The van der Waals surface area contributed by atoms with E-state index in [9.17, 15) is 10.1 Å². The lowest BCUT2D eigenvalue weighted by Gasteiger charge is -2.32. The zero-order chi connectivity index (χ0) is 14.8. The van der Waals surface area contributed by atoms with Crippen molar-refractivity contribution in [2.45, 2.75) is 38.5 Å². The summed E-state index contributed by atoms with van der Waals surface area (Å²) >= 11 is 0. The summed E-state index contributed by atoms with van der Waals surface area (Å²) in [6, 6.07) is 5.30. The van der Waals surface area contributed by atoms with Crippen LogP contribution in [0.5, 0.6) is 0 Å². The monoisotopic (exact) mass is 291 g/mol. The second kappa shape index (κ2) is 5.99. The second-order valence-corrected chi connectivity index (χ2v) is 5.75. The number of hydrogen-bond donors (Lipinski definition) is 1. The van der Waals surface area contributed by atoms with Crippen molar-refractivity contribution in [2.24, 2.45) is 0 Å². The van der Waals surface area contributed by atoms with Crippen LogP contribution in [-0.2, 0) is 11.3 Å². The van der Waals surface area contributed by atoms with Crippen molar-refractivity contribution >= 4 is 11.4 Å². The molecule has 1 N–H and O–H groups in total. The average molecular weight is 291 g/mol.